The molecule has 2 heterocycles. The number of hydrogen-bond acceptors (Lipinski definition) is 4. The van der Waals surface area contributed by atoms with Crippen molar-refractivity contribution < 1.29 is 4.79 Å². The van der Waals surface area contributed by atoms with E-state index in [1.807, 2.05) is 26.0 Å². The Bertz CT molecular complexity index is 563. The predicted octanol–water partition coefficient (Wildman–Crippen LogP) is 0.928. The Morgan fingerprint density at radius 3 is 3.00 bits per heavy atom. The molecular weight excluding hydrogens is 230 g/mol. The van der Waals surface area contributed by atoms with Crippen LogP contribution in [0, 0.1) is 6.92 Å². The summed E-state index contributed by atoms with van der Waals surface area (Å²) >= 11 is 0. The van der Waals surface area contributed by atoms with Crippen LogP contribution in [0.5, 0.6) is 0 Å². The Morgan fingerprint density at radius 1 is 1.50 bits per heavy atom. The summed E-state index contributed by atoms with van der Waals surface area (Å²) in [6.45, 7) is 4.88. The van der Waals surface area contributed by atoms with Gasteiger partial charge in [-0.15, -0.1) is 0 Å². The van der Waals surface area contributed by atoms with Gasteiger partial charge in [0.2, 0.25) is 5.91 Å². The van der Waals surface area contributed by atoms with E-state index in [1.165, 1.54) is 6.33 Å². The highest BCUT2D eigenvalue weighted by Gasteiger charge is 2.08. The van der Waals surface area contributed by atoms with E-state index in [-0.39, 0.29) is 12.5 Å². The molecule has 0 fully saturated rings. The number of carbonyl (C=O) groups is 1. The largest absolute Gasteiger partial charge is 0.361 e. The third-order valence-corrected chi connectivity index (χ3v) is 2.84. The quantitative estimate of drug-likeness (QED) is 0.873. The van der Waals surface area contributed by atoms with Gasteiger partial charge in [0.1, 0.15) is 12.1 Å². The molecular formula is C12H17N5O. The normalized spacial score (nSPS) is 10.6. The SMILES string of the molecule is CCN(C)C(=O)CNc1cc(C)cc2ncnn12. The minimum absolute atomic E-state index is 0.0484. The summed E-state index contributed by atoms with van der Waals surface area (Å²) in [5, 5.41) is 7.22. The first-order valence-corrected chi connectivity index (χ1v) is 5.90. The molecule has 0 spiro atoms. The summed E-state index contributed by atoms with van der Waals surface area (Å²) in [6.07, 6.45) is 1.50. The fourth-order valence-electron chi connectivity index (χ4n) is 1.66. The fraction of sp³-hybridized carbons (Fsp3) is 0.417. The first kappa shape index (κ1) is 12.3. The van der Waals surface area contributed by atoms with Crippen LogP contribution in [-0.4, -0.2) is 45.5 Å². The van der Waals surface area contributed by atoms with Crippen LogP contribution in [0.4, 0.5) is 5.82 Å². The zero-order chi connectivity index (χ0) is 13.1. The van der Waals surface area contributed by atoms with Gasteiger partial charge >= 0.3 is 0 Å². The zero-order valence-electron chi connectivity index (χ0n) is 10.8. The van der Waals surface area contributed by atoms with Gasteiger partial charge in [-0.05, 0) is 31.5 Å². The number of likely N-dealkylation sites (N-methyl/N-ethyl adjacent to an activating group) is 1. The lowest BCUT2D eigenvalue weighted by Gasteiger charge is -2.15. The first-order valence-electron chi connectivity index (χ1n) is 5.90. The predicted molar refractivity (Wildman–Crippen MR) is 69.5 cm³/mol. The van der Waals surface area contributed by atoms with E-state index in [4.69, 9.17) is 0 Å². The number of nitrogens with zero attached hydrogens (tertiary/aromatic N) is 4. The average molecular weight is 247 g/mol. The lowest BCUT2D eigenvalue weighted by atomic mass is 10.3. The highest BCUT2D eigenvalue weighted by atomic mass is 16.2. The molecule has 0 aliphatic carbocycles. The van der Waals surface area contributed by atoms with Gasteiger partial charge in [-0.3, -0.25) is 4.79 Å². The Morgan fingerprint density at radius 2 is 2.28 bits per heavy atom. The summed E-state index contributed by atoms with van der Waals surface area (Å²) in [7, 11) is 1.78. The van der Waals surface area contributed by atoms with Crippen molar-refractivity contribution in [3.8, 4) is 0 Å². The molecule has 2 rings (SSSR count). The van der Waals surface area contributed by atoms with Crippen molar-refractivity contribution in [3.05, 3.63) is 24.0 Å². The number of amides is 1. The van der Waals surface area contributed by atoms with Gasteiger partial charge in [-0.2, -0.15) is 9.61 Å². The molecule has 0 aromatic carbocycles. The van der Waals surface area contributed by atoms with E-state index < -0.39 is 0 Å². The van der Waals surface area contributed by atoms with Crippen LogP contribution in [0.2, 0.25) is 0 Å². The molecule has 2 aromatic heterocycles. The topological polar surface area (TPSA) is 62.5 Å². The van der Waals surface area contributed by atoms with Crippen LogP contribution in [0.3, 0.4) is 0 Å². The van der Waals surface area contributed by atoms with Crippen molar-refractivity contribution in [2.75, 3.05) is 25.5 Å². The van der Waals surface area contributed by atoms with Crippen LogP contribution in [-0.2, 0) is 4.79 Å². The minimum atomic E-state index is 0.0484. The summed E-state index contributed by atoms with van der Waals surface area (Å²) in [5.41, 5.74) is 1.85. The molecule has 0 aliphatic heterocycles. The van der Waals surface area contributed by atoms with E-state index in [1.54, 1.807) is 16.5 Å². The number of rotatable bonds is 4. The molecule has 6 heteroatoms. The highest BCUT2D eigenvalue weighted by Crippen LogP contribution is 2.12. The van der Waals surface area contributed by atoms with Crippen LogP contribution in [0.25, 0.3) is 5.65 Å². The van der Waals surface area contributed by atoms with Crippen molar-refractivity contribution in [2.24, 2.45) is 0 Å². The first-order chi connectivity index (χ1) is 8.61. The molecule has 0 bridgehead atoms. The second-order valence-corrected chi connectivity index (χ2v) is 4.21. The van der Waals surface area contributed by atoms with Gasteiger partial charge in [0.05, 0.1) is 6.54 Å². The molecule has 0 saturated heterocycles. The van der Waals surface area contributed by atoms with E-state index in [0.717, 1.165) is 17.0 Å². The van der Waals surface area contributed by atoms with Gasteiger partial charge < -0.3 is 10.2 Å². The number of aryl methyl sites for hydroxylation is 1. The number of pyridine rings is 1. The molecule has 0 aliphatic rings. The van der Waals surface area contributed by atoms with Crippen molar-refractivity contribution in [1.29, 1.82) is 0 Å². The van der Waals surface area contributed by atoms with Crippen LogP contribution >= 0.6 is 0 Å². The van der Waals surface area contributed by atoms with Crippen LogP contribution in [0.1, 0.15) is 12.5 Å². The van der Waals surface area contributed by atoms with Gasteiger partial charge in [-0.25, -0.2) is 4.98 Å². The van der Waals surface area contributed by atoms with Crippen molar-refractivity contribution in [1.82, 2.24) is 19.5 Å². The lowest BCUT2D eigenvalue weighted by Crippen LogP contribution is -2.32. The molecule has 1 N–H and O–H groups in total. The third kappa shape index (κ3) is 2.42. The number of hydrogen-bond donors (Lipinski definition) is 1. The number of carbonyl (C=O) groups excluding carboxylic acids is 1. The smallest absolute Gasteiger partial charge is 0.241 e. The van der Waals surface area contributed by atoms with E-state index in [9.17, 15) is 4.79 Å². The number of aromatic nitrogens is 3. The zero-order valence-corrected chi connectivity index (χ0v) is 10.8. The third-order valence-electron chi connectivity index (χ3n) is 2.84. The van der Waals surface area contributed by atoms with Crippen LogP contribution in [0.15, 0.2) is 18.5 Å². The van der Waals surface area contributed by atoms with E-state index >= 15 is 0 Å². The van der Waals surface area contributed by atoms with Gasteiger partial charge in [0.25, 0.3) is 0 Å². The highest BCUT2D eigenvalue weighted by molar-refractivity contribution is 5.80. The molecule has 0 saturated carbocycles. The maximum Gasteiger partial charge on any atom is 0.241 e. The Labute approximate surface area is 106 Å². The van der Waals surface area contributed by atoms with Crippen molar-refractivity contribution in [2.45, 2.75) is 13.8 Å². The summed E-state index contributed by atoms with van der Waals surface area (Å²) in [6, 6.07) is 3.89. The molecule has 0 radical (unpaired) electrons. The van der Waals surface area contributed by atoms with Crippen molar-refractivity contribution in [3.63, 3.8) is 0 Å². The molecule has 6 nitrogen and oxygen atoms in total. The molecule has 2 aromatic rings. The second kappa shape index (κ2) is 5.03. The van der Waals surface area contributed by atoms with E-state index in [2.05, 4.69) is 15.4 Å². The summed E-state index contributed by atoms with van der Waals surface area (Å²) in [5.74, 6) is 0.827. The molecule has 18 heavy (non-hydrogen) atoms. The number of anilines is 1. The maximum absolute atomic E-state index is 11.7. The molecule has 1 amide bonds. The van der Waals surface area contributed by atoms with E-state index in [0.29, 0.717) is 6.54 Å². The molecule has 0 atom stereocenters. The average Bonchev–Trinajstić information content (AvgIpc) is 2.82. The monoisotopic (exact) mass is 247 g/mol. The second-order valence-electron chi connectivity index (χ2n) is 4.21. The van der Waals surface area contributed by atoms with Crippen molar-refractivity contribution >= 4 is 17.4 Å². The summed E-state index contributed by atoms with van der Waals surface area (Å²) < 4.78 is 1.69. The lowest BCUT2D eigenvalue weighted by molar-refractivity contribution is -0.127. The standard InChI is InChI=1S/C12H17N5O/c1-4-16(3)12(18)7-13-10-5-9(2)6-11-14-8-15-17(10)11/h5-6,8,13H,4,7H2,1-3H3. The Hall–Kier alpha value is -2.11. The number of fused-ring (bicyclic) bond motifs is 1. The Kier molecular flexibility index (Phi) is 3.45. The fourth-order valence-corrected chi connectivity index (χ4v) is 1.66. The van der Waals surface area contributed by atoms with Gasteiger partial charge in [0, 0.05) is 13.6 Å². The Balaban J connectivity index is 2.16. The molecule has 96 valence electrons. The summed E-state index contributed by atoms with van der Waals surface area (Å²) in [4.78, 5) is 17.5. The number of nitrogens with one attached hydrogen (secondary N) is 1. The molecule has 0 unspecified atom stereocenters. The maximum atomic E-state index is 11.7. The minimum Gasteiger partial charge on any atom is -0.361 e. The van der Waals surface area contributed by atoms with Gasteiger partial charge in [-0.1, -0.05) is 0 Å². The van der Waals surface area contributed by atoms with Gasteiger partial charge in [0.15, 0.2) is 5.65 Å². The van der Waals surface area contributed by atoms with Crippen LogP contribution < -0.4 is 5.32 Å².